The summed E-state index contributed by atoms with van der Waals surface area (Å²) in [7, 11) is -3.82. The van der Waals surface area contributed by atoms with E-state index in [0.29, 0.717) is 24.2 Å². The first-order chi connectivity index (χ1) is 21.3. The lowest BCUT2D eigenvalue weighted by Gasteiger charge is -2.07. The highest BCUT2D eigenvalue weighted by atomic mass is 32.2. The van der Waals surface area contributed by atoms with Gasteiger partial charge in [-0.15, -0.1) is 0 Å². The predicted molar refractivity (Wildman–Crippen MR) is 172 cm³/mol. The number of ketones is 1. The van der Waals surface area contributed by atoms with Crippen molar-refractivity contribution in [2.45, 2.75) is 38.1 Å². The summed E-state index contributed by atoms with van der Waals surface area (Å²) in [6.07, 6.45) is 9.49. The standard InChI is InChI=1S/C36H34N2O5S/c1-3-43-35(39)21-20-31-25-38(44(41,42)32-13-5-4-6-14-32)26-33(31)30-12-7-10-28(24-30)11-8-22-37-23-9-15-34(37)36(40)29-18-16-27(2)17-19-29/h4-19,23-26H,3,20-22H2,1-2H3/b11-8+. The highest BCUT2D eigenvalue weighted by Gasteiger charge is 2.20. The molecule has 0 fully saturated rings. The first-order valence-corrected chi connectivity index (χ1v) is 15.9. The van der Waals surface area contributed by atoms with Gasteiger partial charge < -0.3 is 9.30 Å². The Kier molecular flexibility index (Phi) is 9.41. The van der Waals surface area contributed by atoms with Gasteiger partial charge in [-0.3, -0.25) is 9.59 Å². The molecule has 0 saturated heterocycles. The quantitative estimate of drug-likeness (QED) is 0.113. The molecule has 0 N–H and O–H groups in total. The van der Waals surface area contributed by atoms with Crippen molar-refractivity contribution in [3.8, 4) is 11.1 Å². The summed E-state index contributed by atoms with van der Waals surface area (Å²) in [6.45, 7) is 4.53. The number of carbonyl (C=O) groups excluding carboxylic acids is 2. The van der Waals surface area contributed by atoms with Crippen LogP contribution in [0.2, 0.25) is 0 Å². The normalized spacial score (nSPS) is 11.6. The molecule has 8 heteroatoms. The van der Waals surface area contributed by atoms with Gasteiger partial charge in [-0.1, -0.05) is 78.4 Å². The fraction of sp³-hybridized carbons (Fsp3) is 0.167. The van der Waals surface area contributed by atoms with E-state index in [-0.39, 0.29) is 29.7 Å². The number of hydrogen-bond acceptors (Lipinski definition) is 5. The number of rotatable bonds is 12. The number of carbonyl (C=O) groups is 2. The van der Waals surface area contributed by atoms with Gasteiger partial charge in [0, 0.05) is 42.7 Å². The maximum absolute atomic E-state index is 13.4. The third kappa shape index (κ3) is 6.98. The Labute approximate surface area is 258 Å². The van der Waals surface area contributed by atoms with Gasteiger partial charge in [-0.05, 0) is 67.3 Å². The van der Waals surface area contributed by atoms with E-state index in [1.165, 1.54) is 3.97 Å². The van der Waals surface area contributed by atoms with Gasteiger partial charge in [0.05, 0.1) is 17.2 Å². The van der Waals surface area contributed by atoms with Gasteiger partial charge in [0.2, 0.25) is 5.78 Å². The SMILES string of the molecule is CCOC(=O)CCc1cn(S(=O)(=O)c2ccccc2)cc1-c1cccc(/C=C/Cn2cccc2C(=O)c2ccc(C)cc2)c1. The van der Waals surface area contributed by atoms with Crippen LogP contribution in [0.1, 0.15) is 46.1 Å². The van der Waals surface area contributed by atoms with Crippen molar-refractivity contribution in [1.29, 1.82) is 0 Å². The number of benzene rings is 3. The average molecular weight is 607 g/mol. The Morgan fingerprint density at radius 3 is 2.41 bits per heavy atom. The largest absolute Gasteiger partial charge is 0.466 e. The zero-order valence-corrected chi connectivity index (χ0v) is 25.5. The second kappa shape index (κ2) is 13.6. The Balaban J connectivity index is 1.40. The fourth-order valence-electron chi connectivity index (χ4n) is 5.00. The van der Waals surface area contributed by atoms with Crippen molar-refractivity contribution < 1.29 is 22.7 Å². The van der Waals surface area contributed by atoms with E-state index >= 15 is 0 Å². The molecule has 5 rings (SSSR count). The molecule has 0 saturated carbocycles. The number of hydrogen-bond donors (Lipinski definition) is 0. The maximum Gasteiger partial charge on any atom is 0.306 e. The summed E-state index contributed by atoms with van der Waals surface area (Å²) in [4.78, 5) is 25.4. The highest BCUT2D eigenvalue weighted by molar-refractivity contribution is 7.90. The van der Waals surface area contributed by atoms with Gasteiger partial charge >= 0.3 is 5.97 Å². The van der Waals surface area contributed by atoms with Crippen LogP contribution < -0.4 is 0 Å². The van der Waals surface area contributed by atoms with Crippen molar-refractivity contribution in [3.63, 3.8) is 0 Å². The van der Waals surface area contributed by atoms with E-state index in [9.17, 15) is 18.0 Å². The van der Waals surface area contributed by atoms with Gasteiger partial charge in [-0.2, -0.15) is 0 Å². The number of ether oxygens (including phenoxy) is 1. The Hall–Kier alpha value is -4.95. The summed E-state index contributed by atoms with van der Waals surface area (Å²) in [5.41, 5.74) is 5.54. The van der Waals surface area contributed by atoms with E-state index < -0.39 is 10.0 Å². The summed E-state index contributed by atoms with van der Waals surface area (Å²) in [5.74, 6) is -0.366. The molecule has 0 aliphatic rings. The van der Waals surface area contributed by atoms with E-state index in [0.717, 1.165) is 27.8 Å². The third-order valence-electron chi connectivity index (χ3n) is 7.29. The number of esters is 1. The van der Waals surface area contributed by atoms with Crippen LogP contribution in [0.3, 0.4) is 0 Å². The highest BCUT2D eigenvalue weighted by Crippen LogP contribution is 2.29. The van der Waals surface area contributed by atoms with Crippen LogP contribution in [0, 0.1) is 6.92 Å². The topological polar surface area (TPSA) is 87.4 Å². The lowest BCUT2D eigenvalue weighted by atomic mass is 9.99. The van der Waals surface area contributed by atoms with Crippen molar-refractivity contribution in [2.24, 2.45) is 0 Å². The predicted octanol–water partition coefficient (Wildman–Crippen LogP) is 6.94. The molecule has 0 amide bonds. The molecule has 5 aromatic rings. The Morgan fingerprint density at radius 1 is 0.886 bits per heavy atom. The van der Waals surface area contributed by atoms with Crippen molar-refractivity contribution >= 4 is 27.9 Å². The smallest absolute Gasteiger partial charge is 0.306 e. The van der Waals surface area contributed by atoms with Gasteiger partial charge in [0.1, 0.15) is 0 Å². The van der Waals surface area contributed by atoms with Crippen LogP contribution in [-0.4, -0.2) is 35.3 Å². The zero-order chi connectivity index (χ0) is 31.1. The number of aryl methyl sites for hydroxylation is 2. The minimum atomic E-state index is -3.82. The molecule has 3 aromatic carbocycles. The molecule has 7 nitrogen and oxygen atoms in total. The van der Waals surface area contributed by atoms with Crippen LogP contribution >= 0.6 is 0 Å². The molecule has 0 radical (unpaired) electrons. The van der Waals surface area contributed by atoms with Gasteiger partial charge in [0.25, 0.3) is 10.0 Å². The minimum absolute atomic E-state index is 0.0317. The molecule has 0 aliphatic heterocycles. The number of nitrogens with zero attached hydrogens (tertiary/aromatic N) is 2. The molecule has 0 unspecified atom stereocenters. The summed E-state index contributed by atoms with van der Waals surface area (Å²) < 4.78 is 35.0. The molecular weight excluding hydrogens is 572 g/mol. The lowest BCUT2D eigenvalue weighted by molar-refractivity contribution is -0.143. The first kappa shape index (κ1) is 30.5. The molecule has 0 atom stereocenters. The fourth-order valence-corrected chi connectivity index (χ4v) is 6.25. The number of aromatic nitrogens is 2. The van der Waals surface area contributed by atoms with Gasteiger partial charge in [0.15, 0.2) is 0 Å². The zero-order valence-electron chi connectivity index (χ0n) is 24.7. The summed E-state index contributed by atoms with van der Waals surface area (Å²) in [5, 5.41) is 0. The monoisotopic (exact) mass is 606 g/mol. The molecule has 0 spiro atoms. The maximum atomic E-state index is 13.4. The Morgan fingerprint density at radius 2 is 1.66 bits per heavy atom. The minimum Gasteiger partial charge on any atom is -0.466 e. The second-order valence-electron chi connectivity index (χ2n) is 10.4. The number of allylic oxidation sites excluding steroid dienone is 1. The molecule has 0 aliphatic carbocycles. The van der Waals surface area contributed by atoms with Crippen molar-refractivity contribution in [3.05, 3.63) is 144 Å². The van der Waals surface area contributed by atoms with Crippen LogP contribution in [0.4, 0.5) is 0 Å². The molecular formula is C36H34N2O5S. The van der Waals surface area contributed by atoms with E-state index in [2.05, 4.69) is 0 Å². The molecule has 224 valence electrons. The van der Waals surface area contributed by atoms with E-state index in [1.807, 2.05) is 90.5 Å². The molecule has 2 heterocycles. The summed E-state index contributed by atoms with van der Waals surface area (Å²) in [6, 6.07) is 27.3. The van der Waals surface area contributed by atoms with Crippen LogP contribution in [-0.2, 0) is 32.5 Å². The van der Waals surface area contributed by atoms with Gasteiger partial charge in [-0.25, -0.2) is 12.4 Å². The van der Waals surface area contributed by atoms with E-state index in [1.54, 1.807) is 49.6 Å². The van der Waals surface area contributed by atoms with Crippen LogP contribution in [0.15, 0.2) is 121 Å². The third-order valence-corrected chi connectivity index (χ3v) is 8.93. The van der Waals surface area contributed by atoms with Crippen molar-refractivity contribution in [1.82, 2.24) is 8.54 Å². The second-order valence-corrected chi connectivity index (χ2v) is 12.3. The average Bonchev–Trinajstić information content (AvgIpc) is 3.69. The Bertz CT molecular complexity index is 1900. The molecule has 0 bridgehead atoms. The van der Waals surface area contributed by atoms with Crippen LogP contribution in [0.5, 0.6) is 0 Å². The molecule has 2 aromatic heterocycles. The van der Waals surface area contributed by atoms with E-state index in [4.69, 9.17) is 4.74 Å². The lowest BCUT2D eigenvalue weighted by Crippen LogP contribution is -2.10. The summed E-state index contributed by atoms with van der Waals surface area (Å²) >= 11 is 0. The molecule has 44 heavy (non-hydrogen) atoms. The first-order valence-electron chi connectivity index (χ1n) is 14.5. The van der Waals surface area contributed by atoms with Crippen molar-refractivity contribution in [2.75, 3.05) is 6.61 Å². The van der Waals surface area contributed by atoms with Crippen LogP contribution in [0.25, 0.3) is 17.2 Å².